The topological polar surface area (TPSA) is 146 Å². The molecule has 11 nitrogen and oxygen atoms in total. The van der Waals surface area contributed by atoms with E-state index in [0.717, 1.165) is 11.1 Å². The summed E-state index contributed by atoms with van der Waals surface area (Å²) < 4.78 is 1.56. The molecule has 1 spiro atoms. The molecule has 1 unspecified atom stereocenters. The van der Waals surface area contributed by atoms with Gasteiger partial charge in [-0.25, -0.2) is 9.78 Å². The molecule has 11 heteroatoms. The maximum absolute atomic E-state index is 12.1. The van der Waals surface area contributed by atoms with E-state index in [9.17, 15) is 9.59 Å². The molecule has 2 saturated heterocycles. The number of amides is 3. The van der Waals surface area contributed by atoms with Gasteiger partial charge < -0.3 is 16.0 Å². The van der Waals surface area contributed by atoms with Gasteiger partial charge in [0.2, 0.25) is 0 Å². The van der Waals surface area contributed by atoms with Crippen molar-refractivity contribution in [2.24, 2.45) is 0 Å². The Balaban J connectivity index is 1.55. The van der Waals surface area contributed by atoms with Crippen LogP contribution >= 0.6 is 0 Å². The van der Waals surface area contributed by atoms with E-state index in [1.54, 1.807) is 29.2 Å². The quantitative estimate of drug-likeness (QED) is 0.454. The van der Waals surface area contributed by atoms with Gasteiger partial charge in [0.15, 0.2) is 5.65 Å². The lowest BCUT2D eigenvalue weighted by atomic mass is 10.00. The first kappa shape index (κ1) is 14.7. The van der Waals surface area contributed by atoms with Crippen molar-refractivity contribution in [1.82, 2.24) is 35.4 Å². The summed E-state index contributed by atoms with van der Waals surface area (Å²) in [7, 11) is 0. The van der Waals surface area contributed by atoms with E-state index in [1.807, 2.05) is 4.90 Å². The first-order valence-electron chi connectivity index (χ1n) is 8.08. The van der Waals surface area contributed by atoms with Gasteiger partial charge in [0.05, 0.1) is 18.9 Å². The van der Waals surface area contributed by atoms with Gasteiger partial charge in [-0.05, 0) is 6.42 Å². The van der Waals surface area contributed by atoms with Crippen LogP contribution in [-0.4, -0.2) is 55.4 Å². The van der Waals surface area contributed by atoms with E-state index in [-0.39, 0.29) is 5.91 Å². The lowest BCUT2D eigenvalue weighted by Crippen LogP contribution is -2.49. The highest BCUT2D eigenvalue weighted by molar-refractivity contribution is 6.07. The highest BCUT2D eigenvalue weighted by atomic mass is 16.2. The van der Waals surface area contributed by atoms with Crippen LogP contribution < -0.4 is 21.3 Å². The number of imide groups is 1. The number of nitrogens with one attached hydrogen (secondary N) is 3. The predicted octanol–water partition coefficient (Wildman–Crippen LogP) is -0.510. The summed E-state index contributed by atoms with van der Waals surface area (Å²) >= 11 is 0. The van der Waals surface area contributed by atoms with Crippen molar-refractivity contribution in [3.63, 3.8) is 0 Å². The molecule has 0 radical (unpaired) electrons. The van der Waals surface area contributed by atoms with Gasteiger partial charge in [-0.2, -0.15) is 14.7 Å². The molecule has 0 aliphatic carbocycles. The standard InChI is InChI=1S/C15H15N9O2/c16-10-3-11(23-2-1-15(7-23)13(25)21-14(26)22-15)20-12-9(6-19-24(10)12)8-4-17-18-5-8/h3-6H,1-2,7,16H2,(H,17,18)(H2,21,22,25,26). The van der Waals surface area contributed by atoms with Crippen LogP contribution in [0.15, 0.2) is 24.7 Å². The fraction of sp³-hybridized carbons (Fsp3) is 0.267. The molecular weight excluding hydrogens is 338 g/mol. The Kier molecular flexibility index (Phi) is 2.79. The molecule has 3 aromatic rings. The van der Waals surface area contributed by atoms with Crippen molar-refractivity contribution in [1.29, 1.82) is 0 Å². The molecule has 3 aromatic heterocycles. The van der Waals surface area contributed by atoms with E-state index in [1.165, 1.54) is 0 Å². The number of nitrogens with zero attached hydrogens (tertiary/aromatic N) is 5. The van der Waals surface area contributed by atoms with Crippen molar-refractivity contribution in [3.8, 4) is 11.1 Å². The highest BCUT2D eigenvalue weighted by Crippen LogP contribution is 2.31. The normalized spacial score (nSPS) is 22.4. The minimum atomic E-state index is -0.909. The number of hydrogen-bond acceptors (Lipinski definition) is 7. The lowest BCUT2D eigenvalue weighted by molar-refractivity contribution is -0.123. The second-order valence-electron chi connectivity index (χ2n) is 6.48. The molecule has 2 fully saturated rings. The maximum atomic E-state index is 12.1. The lowest BCUT2D eigenvalue weighted by Gasteiger charge is -2.22. The molecule has 0 saturated carbocycles. The van der Waals surface area contributed by atoms with Gasteiger partial charge >= 0.3 is 6.03 Å². The largest absolute Gasteiger partial charge is 0.383 e. The summed E-state index contributed by atoms with van der Waals surface area (Å²) in [5.41, 5.74) is 7.49. The van der Waals surface area contributed by atoms with Crippen LogP contribution in [-0.2, 0) is 4.79 Å². The number of fused-ring (bicyclic) bond motifs is 1. The number of carbonyl (C=O) groups is 2. The Bertz CT molecular complexity index is 1040. The third-order valence-corrected chi connectivity index (χ3v) is 4.90. The van der Waals surface area contributed by atoms with Crippen LogP contribution in [0, 0.1) is 0 Å². The number of carbonyl (C=O) groups excluding carboxylic acids is 2. The first-order chi connectivity index (χ1) is 12.6. The minimum Gasteiger partial charge on any atom is -0.383 e. The molecule has 2 aliphatic rings. The molecule has 132 valence electrons. The number of anilines is 2. The highest BCUT2D eigenvalue weighted by Gasteiger charge is 2.51. The molecule has 5 heterocycles. The average molecular weight is 353 g/mol. The Morgan fingerprint density at radius 2 is 2.15 bits per heavy atom. The summed E-state index contributed by atoms with van der Waals surface area (Å²) in [6.07, 6.45) is 5.63. The summed E-state index contributed by atoms with van der Waals surface area (Å²) in [6, 6.07) is 1.25. The van der Waals surface area contributed by atoms with Crippen molar-refractivity contribution in [2.45, 2.75) is 12.0 Å². The molecule has 0 aromatic carbocycles. The smallest absolute Gasteiger partial charge is 0.322 e. The first-order valence-corrected chi connectivity index (χ1v) is 8.08. The number of aromatic amines is 1. The Morgan fingerprint density at radius 1 is 1.27 bits per heavy atom. The van der Waals surface area contributed by atoms with E-state index in [2.05, 4.69) is 25.9 Å². The molecule has 5 N–H and O–H groups in total. The molecule has 2 aliphatic heterocycles. The zero-order valence-electron chi connectivity index (χ0n) is 13.6. The Morgan fingerprint density at radius 3 is 2.88 bits per heavy atom. The molecule has 26 heavy (non-hydrogen) atoms. The summed E-state index contributed by atoms with van der Waals surface area (Å²) in [5, 5.41) is 16.0. The van der Waals surface area contributed by atoms with E-state index in [4.69, 9.17) is 10.7 Å². The van der Waals surface area contributed by atoms with Gasteiger partial charge in [0, 0.05) is 29.9 Å². The zero-order valence-corrected chi connectivity index (χ0v) is 13.6. The molecule has 1 atom stereocenters. The molecular formula is C15H15N9O2. The fourth-order valence-corrected chi connectivity index (χ4v) is 3.56. The number of aromatic nitrogens is 5. The number of nitrogen functional groups attached to an aromatic ring is 1. The Labute approximate surface area is 146 Å². The van der Waals surface area contributed by atoms with Crippen molar-refractivity contribution >= 4 is 29.2 Å². The van der Waals surface area contributed by atoms with Crippen LogP contribution in [0.1, 0.15) is 6.42 Å². The van der Waals surface area contributed by atoms with Crippen molar-refractivity contribution in [3.05, 3.63) is 24.7 Å². The second kappa shape index (κ2) is 4.94. The number of urea groups is 1. The fourth-order valence-electron chi connectivity index (χ4n) is 3.56. The van der Waals surface area contributed by atoms with Gasteiger partial charge in [-0.1, -0.05) is 0 Å². The third kappa shape index (κ3) is 1.96. The monoisotopic (exact) mass is 353 g/mol. The van der Waals surface area contributed by atoms with E-state index < -0.39 is 11.6 Å². The summed E-state index contributed by atoms with van der Waals surface area (Å²) in [4.78, 5) is 30.3. The van der Waals surface area contributed by atoms with Crippen LogP contribution in [0.4, 0.5) is 16.4 Å². The zero-order chi connectivity index (χ0) is 17.9. The number of rotatable bonds is 2. The second-order valence-corrected chi connectivity index (χ2v) is 6.48. The van der Waals surface area contributed by atoms with Crippen LogP contribution in [0.3, 0.4) is 0 Å². The number of nitrogens with two attached hydrogens (primary N) is 1. The summed E-state index contributed by atoms with van der Waals surface area (Å²) in [5.74, 6) is 0.758. The van der Waals surface area contributed by atoms with Gasteiger partial charge in [0.1, 0.15) is 17.2 Å². The predicted molar refractivity (Wildman–Crippen MR) is 91.2 cm³/mol. The number of hydrogen-bond donors (Lipinski definition) is 4. The van der Waals surface area contributed by atoms with Crippen LogP contribution in [0.25, 0.3) is 16.8 Å². The van der Waals surface area contributed by atoms with Crippen LogP contribution in [0.5, 0.6) is 0 Å². The number of H-pyrrole nitrogens is 1. The molecule has 5 rings (SSSR count). The average Bonchev–Trinajstić information content (AvgIpc) is 3.36. The maximum Gasteiger partial charge on any atom is 0.322 e. The van der Waals surface area contributed by atoms with E-state index in [0.29, 0.717) is 36.8 Å². The van der Waals surface area contributed by atoms with Gasteiger partial charge in [-0.15, -0.1) is 0 Å². The van der Waals surface area contributed by atoms with Gasteiger partial charge in [-0.3, -0.25) is 15.2 Å². The van der Waals surface area contributed by atoms with Crippen molar-refractivity contribution in [2.75, 3.05) is 23.7 Å². The molecule has 0 bridgehead atoms. The van der Waals surface area contributed by atoms with Gasteiger partial charge in [0.25, 0.3) is 5.91 Å². The molecule has 3 amide bonds. The Hall–Kier alpha value is -3.63. The van der Waals surface area contributed by atoms with Crippen LogP contribution in [0.2, 0.25) is 0 Å². The SMILES string of the molecule is Nc1cc(N2CCC3(C2)NC(=O)NC3=O)nc2c(-c3cn[nH]c3)cnn12. The van der Waals surface area contributed by atoms with Crippen molar-refractivity contribution < 1.29 is 9.59 Å². The minimum absolute atomic E-state index is 0.303. The summed E-state index contributed by atoms with van der Waals surface area (Å²) in [6.45, 7) is 0.911. The van der Waals surface area contributed by atoms with E-state index >= 15 is 0 Å². The third-order valence-electron chi connectivity index (χ3n) is 4.90.